The molecule has 0 aliphatic carbocycles. The molecular weight excluding hydrogens is 414 g/mol. The van der Waals surface area contributed by atoms with Crippen LogP contribution in [0.4, 0.5) is 0 Å². The summed E-state index contributed by atoms with van der Waals surface area (Å²) >= 11 is 0. The summed E-state index contributed by atoms with van der Waals surface area (Å²) in [7, 11) is 1.66. The third-order valence-electron chi connectivity index (χ3n) is 4.61. The van der Waals surface area contributed by atoms with E-state index in [9.17, 15) is 24.0 Å². The molecule has 9 nitrogen and oxygen atoms in total. The minimum atomic E-state index is -0.723. The first-order chi connectivity index (χ1) is 14.7. The first-order valence-corrected chi connectivity index (χ1v) is 10.7. The highest BCUT2D eigenvalue weighted by molar-refractivity contribution is 5.90. The average Bonchev–Trinajstić information content (AvgIpc) is 2.66. The van der Waals surface area contributed by atoms with Crippen molar-refractivity contribution in [2.45, 2.75) is 54.0 Å². The van der Waals surface area contributed by atoms with Crippen molar-refractivity contribution in [1.29, 1.82) is 0 Å². The van der Waals surface area contributed by atoms with Crippen molar-refractivity contribution in [1.82, 2.24) is 15.5 Å². The number of carbonyl (C=O) groups excluding carboxylic acids is 5. The van der Waals surface area contributed by atoms with Gasteiger partial charge >= 0.3 is 0 Å². The molecule has 0 aliphatic heterocycles. The van der Waals surface area contributed by atoms with Gasteiger partial charge in [-0.15, -0.1) is 0 Å². The van der Waals surface area contributed by atoms with Crippen molar-refractivity contribution in [2.24, 2.45) is 16.7 Å². The van der Waals surface area contributed by atoms with Crippen LogP contribution in [0.3, 0.4) is 0 Å². The van der Waals surface area contributed by atoms with Crippen LogP contribution in [-0.4, -0.2) is 74.6 Å². The monoisotopic (exact) mass is 453 g/mol. The third kappa shape index (κ3) is 12.3. The lowest BCUT2D eigenvalue weighted by Gasteiger charge is -2.32. The predicted octanol–water partition coefficient (Wildman–Crippen LogP) is 1.11. The minimum absolute atomic E-state index is 0.0960. The molecule has 3 amide bonds. The molecule has 0 radical (unpaired) electrons. The Balaban J connectivity index is 4.69. The van der Waals surface area contributed by atoms with Gasteiger partial charge in [0.1, 0.15) is 18.6 Å². The molecule has 1 unspecified atom stereocenters. The molecule has 9 heteroatoms. The summed E-state index contributed by atoms with van der Waals surface area (Å²) in [5, 5.41) is 5.22. The Morgan fingerprint density at radius 2 is 1.62 bits per heavy atom. The number of amides is 3. The van der Waals surface area contributed by atoms with Crippen LogP contribution in [0, 0.1) is 16.7 Å². The van der Waals surface area contributed by atoms with Gasteiger partial charge in [0.2, 0.25) is 17.7 Å². The van der Waals surface area contributed by atoms with E-state index in [2.05, 4.69) is 10.6 Å². The van der Waals surface area contributed by atoms with E-state index >= 15 is 0 Å². The number of aldehydes is 2. The van der Waals surface area contributed by atoms with Crippen molar-refractivity contribution < 1.29 is 28.7 Å². The van der Waals surface area contributed by atoms with Crippen molar-refractivity contribution in [3.63, 3.8) is 0 Å². The molecule has 0 aromatic carbocycles. The summed E-state index contributed by atoms with van der Waals surface area (Å²) < 4.78 is 5.87. The van der Waals surface area contributed by atoms with E-state index in [1.165, 1.54) is 11.0 Å². The summed E-state index contributed by atoms with van der Waals surface area (Å²) in [5.41, 5.74) is -0.813. The van der Waals surface area contributed by atoms with Gasteiger partial charge in [0.15, 0.2) is 0 Å². The van der Waals surface area contributed by atoms with Gasteiger partial charge in [0, 0.05) is 31.5 Å². The lowest BCUT2D eigenvalue weighted by molar-refractivity contribution is -0.132. The molecule has 0 aromatic heterocycles. The zero-order valence-corrected chi connectivity index (χ0v) is 20.4. The Morgan fingerprint density at radius 1 is 1.03 bits per heavy atom. The highest BCUT2D eigenvalue weighted by Gasteiger charge is 2.29. The van der Waals surface area contributed by atoms with E-state index in [4.69, 9.17) is 4.74 Å². The molecule has 0 saturated heterocycles. The number of likely N-dealkylation sites (N-methyl/N-ethyl adjacent to an activating group) is 1. The van der Waals surface area contributed by atoms with E-state index in [0.29, 0.717) is 32.3 Å². The molecule has 0 saturated carbocycles. The second kappa shape index (κ2) is 13.8. The molecule has 0 fully saturated rings. The lowest BCUT2D eigenvalue weighted by atomic mass is 9.89. The SMILES string of the molecule is CC(C)C(NC(=O)CC(C)(C)COCC(C)(C)CN(C)C(=O)/C=C\C=O)C(=O)NCC=O. The Bertz CT molecular complexity index is 685. The van der Waals surface area contributed by atoms with Crippen LogP contribution in [0.1, 0.15) is 48.0 Å². The normalized spacial score (nSPS) is 13.0. The fourth-order valence-corrected chi connectivity index (χ4v) is 3.12. The first-order valence-electron chi connectivity index (χ1n) is 10.7. The maximum Gasteiger partial charge on any atom is 0.246 e. The van der Waals surface area contributed by atoms with E-state index in [-0.39, 0.29) is 36.1 Å². The Kier molecular flexibility index (Phi) is 12.7. The average molecular weight is 454 g/mol. The summed E-state index contributed by atoms with van der Waals surface area (Å²) in [6, 6.07) is -0.723. The van der Waals surface area contributed by atoms with Gasteiger partial charge in [-0.25, -0.2) is 0 Å². The second-order valence-corrected chi connectivity index (χ2v) is 9.89. The number of carbonyl (C=O) groups is 5. The second-order valence-electron chi connectivity index (χ2n) is 9.89. The van der Waals surface area contributed by atoms with Crippen LogP contribution < -0.4 is 10.6 Å². The summed E-state index contributed by atoms with van der Waals surface area (Å²) in [5.74, 6) is -1.06. The largest absolute Gasteiger partial charge is 0.380 e. The highest BCUT2D eigenvalue weighted by atomic mass is 16.5. The Labute approximate surface area is 191 Å². The predicted molar refractivity (Wildman–Crippen MR) is 122 cm³/mol. The Morgan fingerprint density at radius 3 is 2.16 bits per heavy atom. The molecule has 0 rings (SSSR count). The maximum atomic E-state index is 12.5. The zero-order valence-electron chi connectivity index (χ0n) is 20.4. The number of allylic oxidation sites excluding steroid dienone is 1. The van der Waals surface area contributed by atoms with E-state index in [1.54, 1.807) is 7.05 Å². The standard InChI is InChI=1S/C23H39N3O6/c1-17(2)20(21(31)24-10-12-28)25-18(29)13-22(3,4)15-32-16-23(5,6)14-26(7)19(30)9-8-11-27/h8-9,11-12,17,20H,10,13-16H2,1-7H3,(H,24,31)(H,25,29)/b9-8-. The van der Waals surface area contributed by atoms with Gasteiger partial charge in [-0.2, -0.15) is 0 Å². The van der Waals surface area contributed by atoms with Crippen LogP contribution in [0.5, 0.6) is 0 Å². The topological polar surface area (TPSA) is 122 Å². The maximum absolute atomic E-state index is 12.5. The molecule has 0 spiro atoms. The molecule has 0 aliphatic rings. The number of hydrogen-bond donors (Lipinski definition) is 2. The van der Waals surface area contributed by atoms with Crippen molar-refractivity contribution in [2.75, 3.05) is 33.4 Å². The highest BCUT2D eigenvalue weighted by Crippen LogP contribution is 2.24. The van der Waals surface area contributed by atoms with Crippen molar-refractivity contribution in [3.8, 4) is 0 Å². The van der Waals surface area contributed by atoms with Crippen LogP contribution in [-0.2, 0) is 28.7 Å². The molecule has 182 valence electrons. The lowest BCUT2D eigenvalue weighted by Crippen LogP contribution is -2.50. The number of ether oxygens (including phenoxy) is 1. The number of nitrogens with one attached hydrogen (secondary N) is 2. The number of nitrogens with zero attached hydrogens (tertiary/aromatic N) is 1. The van der Waals surface area contributed by atoms with Crippen molar-refractivity contribution in [3.05, 3.63) is 12.2 Å². The fraction of sp³-hybridized carbons (Fsp3) is 0.696. The van der Waals surface area contributed by atoms with E-state index < -0.39 is 17.4 Å². The summed E-state index contributed by atoms with van der Waals surface area (Å²) in [4.78, 5) is 59.0. The molecule has 0 aromatic rings. The van der Waals surface area contributed by atoms with Crippen LogP contribution in [0.25, 0.3) is 0 Å². The van der Waals surface area contributed by atoms with Gasteiger partial charge < -0.3 is 25.1 Å². The molecule has 32 heavy (non-hydrogen) atoms. The van der Waals surface area contributed by atoms with Crippen LogP contribution in [0.2, 0.25) is 0 Å². The molecule has 2 N–H and O–H groups in total. The fourth-order valence-electron chi connectivity index (χ4n) is 3.12. The molecule has 1 atom stereocenters. The zero-order chi connectivity index (χ0) is 24.9. The van der Waals surface area contributed by atoms with E-state index in [1.807, 2.05) is 41.5 Å². The van der Waals surface area contributed by atoms with Gasteiger partial charge in [-0.05, 0) is 17.4 Å². The van der Waals surface area contributed by atoms with Gasteiger partial charge in [-0.1, -0.05) is 41.5 Å². The summed E-state index contributed by atoms with van der Waals surface area (Å²) in [6.45, 7) is 12.4. The quantitative estimate of drug-likeness (QED) is 0.283. The molecule has 0 bridgehead atoms. The Hall–Kier alpha value is -2.55. The first kappa shape index (κ1) is 29.5. The summed E-state index contributed by atoms with van der Waals surface area (Å²) in [6.07, 6.45) is 3.68. The minimum Gasteiger partial charge on any atom is -0.380 e. The third-order valence-corrected chi connectivity index (χ3v) is 4.61. The molecule has 0 heterocycles. The number of hydrogen-bond acceptors (Lipinski definition) is 6. The van der Waals surface area contributed by atoms with Gasteiger partial charge in [0.05, 0.1) is 19.8 Å². The van der Waals surface area contributed by atoms with Crippen molar-refractivity contribution >= 4 is 30.3 Å². The van der Waals surface area contributed by atoms with Gasteiger partial charge in [0.25, 0.3) is 0 Å². The number of rotatable bonds is 15. The van der Waals surface area contributed by atoms with Gasteiger partial charge in [-0.3, -0.25) is 19.2 Å². The smallest absolute Gasteiger partial charge is 0.246 e. The van der Waals surface area contributed by atoms with Crippen LogP contribution in [0.15, 0.2) is 12.2 Å². The van der Waals surface area contributed by atoms with Crippen LogP contribution >= 0.6 is 0 Å². The molecular formula is C23H39N3O6. The van der Waals surface area contributed by atoms with E-state index in [0.717, 1.165) is 6.08 Å².